The minimum absolute atomic E-state index is 0.882. The van der Waals surface area contributed by atoms with Crippen LogP contribution in [0.25, 0.3) is 82.5 Å². The summed E-state index contributed by atoms with van der Waals surface area (Å²) in [7, 11) is 0. The van der Waals surface area contributed by atoms with Crippen molar-refractivity contribution in [1.82, 2.24) is 4.57 Å². The van der Waals surface area contributed by atoms with Crippen LogP contribution in [-0.4, -0.2) is 4.57 Å². The van der Waals surface area contributed by atoms with E-state index in [1.165, 1.54) is 32.8 Å². The van der Waals surface area contributed by atoms with Gasteiger partial charge in [-0.2, -0.15) is 0 Å². The molecule has 3 nitrogen and oxygen atoms in total. The zero-order valence-electron chi connectivity index (χ0n) is 21.8. The highest BCUT2D eigenvalue weighted by atomic mass is 16.3. The van der Waals surface area contributed by atoms with Gasteiger partial charge in [0.05, 0.1) is 11.0 Å². The molecule has 0 saturated carbocycles. The molecular weight excluding hydrogens is 490 g/mol. The van der Waals surface area contributed by atoms with Crippen LogP contribution < -0.4 is 0 Å². The monoisotopic (exact) mass is 513 g/mol. The molecule has 0 unspecified atom stereocenters. The van der Waals surface area contributed by atoms with Crippen molar-refractivity contribution in [3.63, 3.8) is 0 Å². The molecule has 0 atom stereocenters. The predicted octanol–water partition coefficient (Wildman–Crippen LogP) is 10.6. The number of aryl methyl sites for hydroxylation is 1. The molecule has 9 aromatic rings. The molecule has 9 rings (SSSR count). The SMILES string of the molecule is Cc1cccc2oc3cc(-c4ccc5c(c4)oc4ccc(-n6c7ccccc7c7ccccc76)cc45)ccc3c12. The van der Waals surface area contributed by atoms with E-state index < -0.39 is 0 Å². The lowest BCUT2D eigenvalue weighted by atomic mass is 10.0. The summed E-state index contributed by atoms with van der Waals surface area (Å²) in [6.45, 7) is 2.13. The molecule has 0 saturated heterocycles. The number of para-hydroxylation sites is 2. The third-order valence-electron chi connectivity index (χ3n) is 8.33. The maximum absolute atomic E-state index is 6.38. The summed E-state index contributed by atoms with van der Waals surface area (Å²) >= 11 is 0. The molecule has 0 aliphatic heterocycles. The van der Waals surface area contributed by atoms with Crippen molar-refractivity contribution in [3.8, 4) is 16.8 Å². The maximum Gasteiger partial charge on any atom is 0.136 e. The van der Waals surface area contributed by atoms with Gasteiger partial charge in [0.15, 0.2) is 0 Å². The molecule has 40 heavy (non-hydrogen) atoms. The summed E-state index contributed by atoms with van der Waals surface area (Å²) in [4.78, 5) is 0. The van der Waals surface area contributed by atoms with Crippen LogP contribution in [0.5, 0.6) is 0 Å². The van der Waals surface area contributed by atoms with Crippen molar-refractivity contribution in [2.75, 3.05) is 0 Å². The molecule has 0 fully saturated rings. The molecule has 3 heteroatoms. The lowest BCUT2D eigenvalue weighted by Gasteiger charge is -2.08. The first-order chi connectivity index (χ1) is 19.7. The molecule has 0 amide bonds. The number of furan rings is 2. The number of hydrogen-bond acceptors (Lipinski definition) is 2. The number of fused-ring (bicyclic) bond motifs is 9. The van der Waals surface area contributed by atoms with E-state index in [2.05, 4.69) is 121 Å². The third-order valence-corrected chi connectivity index (χ3v) is 8.33. The third kappa shape index (κ3) is 2.95. The molecule has 0 aliphatic carbocycles. The summed E-state index contributed by atoms with van der Waals surface area (Å²) in [6.07, 6.45) is 0. The Labute approximate surface area is 229 Å². The highest BCUT2D eigenvalue weighted by Gasteiger charge is 2.15. The second-order valence-corrected chi connectivity index (χ2v) is 10.6. The van der Waals surface area contributed by atoms with E-state index in [0.29, 0.717) is 0 Å². The Kier molecular flexibility index (Phi) is 4.26. The van der Waals surface area contributed by atoms with Gasteiger partial charge >= 0.3 is 0 Å². The summed E-state index contributed by atoms with van der Waals surface area (Å²) in [6, 6.07) is 42.9. The van der Waals surface area contributed by atoms with Crippen LogP contribution in [-0.2, 0) is 0 Å². The lowest BCUT2D eigenvalue weighted by Crippen LogP contribution is -1.93. The molecule has 0 radical (unpaired) electrons. The molecular formula is C37H23NO2. The summed E-state index contributed by atoms with van der Waals surface area (Å²) < 4.78 is 14.9. The zero-order valence-corrected chi connectivity index (χ0v) is 21.8. The van der Waals surface area contributed by atoms with Crippen LogP contribution in [0.2, 0.25) is 0 Å². The van der Waals surface area contributed by atoms with Crippen LogP contribution in [0.15, 0.2) is 130 Å². The van der Waals surface area contributed by atoms with Crippen LogP contribution >= 0.6 is 0 Å². The Balaban J connectivity index is 1.20. The van der Waals surface area contributed by atoms with Crippen molar-refractivity contribution in [1.29, 1.82) is 0 Å². The quantitative estimate of drug-likeness (QED) is 0.230. The topological polar surface area (TPSA) is 31.2 Å². The van der Waals surface area contributed by atoms with Gasteiger partial charge in [-0.1, -0.05) is 60.7 Å². The van der Waals surface area contributed by atoms with E-state index in [1.54, 1.807) is 0 Å². The molecule has 188 valence electrons. The van der Waals surface area contributed by atoms with Crippen molar-refractivity contribution < 1.29 is 8.83 Å². The second-order valence-electron chi connectivity index (χ2n) is 10.6. The van der Waals surface area contributed by atoms with E-state index in [1.807, 2.05) is 12.1 Å². The van der Waals surface area contributed by atoms with E-state index in [9.17, 15) is 0 Å². The normalized spacial score (nSPS) is 12.1. The van der Waals surface area contributed by atoms with Gasteiger partial charge in [-0.3, -0.25) is 0 Å². The standard InChI is InChI=1S/C37H23NO2/c1-22-7-6-12-34-37(22)29-17-14-24(20-36(29)40-34)23-13-16-28-30-21-25(15-18-33(30)39-35(28)19-23)38-31-10-4-2-8-26(31)27-9-3-5-11-32(27)38/h2-21H,1H3. The van der Waals surface area contributed by atoms with Crippen molar-refractivity contribution in [2.45, 2.75) is 6.92 Å². The second kappa shape index (κ2) is 7.87. The van der Waals surface area contributed by atoms with Crippen LogP contribution in [0.4, 0.5) is 0 Å². The average Bonchev–Trinajstić information content (AvgIpc) is 3.66. The van der Waals surface area contributed by atoms with Crippen LogP contribution in [0, 0.1) is 6.92 Å². The first-order valence-corrected chi connectivity index (χ1v) is 13.6. The molecule has 0 bridgehead atoms. The summed E-state index contributed by atoms with van der Waals surface area (Å²) in [5, 5.41) is 7.09. The highest BCUT2D eigenvalue weighted by molar-refractivity contribution is 6.11. The molecule has 0 N–H and O–H groups in total. The van der Waals surface area contributed by atoms with Gasteiger partial charge in [-0.25, -0.2) is 0 Å². The van der Waals surface area contributed by atoms with Crippen molar-refractivity contribution in [2.24, 2.45) is 0 Å². The fourth-order valence-corrected chi connectivity index (χ4v) is 6.47. The Morgan fingerprint density at radius 3 is 1.85 bits per heavy atom. The minimum atomic E-state index is 0.882. The molecule has 3 heterocycles. The van der Waals surface area contributed by atoms with Crippen LogP contribution in [0.3, 0.4) is 0 Å². The summed E-state index contributed by atoms with van der Waals surface area (Å²) in [5.41, 5.74) is 10.6. The fraction of sp³-hybridized carbons (Fsp3) is 0.0270. The first-order valence-electron chi connectivity index (χ1n) is 13.6. The molecule has 0 aliphatic rings. The highest BCUT2D eigenvalue weighted by Crippen LogP contribution is 2.38. The minimum Gasteiger partial charge on any atom is -0.456 e. The van der Waals surface area contributed by atoms with Gasteiger partial charge in [-0.05, 0) is 84.3 Å². The molecule has 3 aromatic heterocycles. The van der Waals surface area contributed by atoms with Gasteiger partial charge in [0.2, 0.25) is 0 Å². The van der Waals surface area contributed by atoms with Crippen LogP contribution in [0.1, 0.15) is 5.56 Å². The van der Waals surface area contributed by atoms with E-state index in [-0.39, 0.29) is 0 Å². The first kappa shape index (κ1) is 21.6. The Hall–Kier alpha value is -5.28. The lowest BCUT2D eigenvalue weighted by molar-refractivity contribution is 0.668. The number of rotatable bonds is 2. The number of nitrogens with zero attached hydrogens (tertiary/aromatic N) is 1. The number of benzene rings is 6. The average molecular weight is 514 g/mol. The molecule has 0 spiro atoms. The molecule has 6 aromatic carbocycles. The fourth-order valence-electron chi connectivity index (χ4n) is 6.47. The van der Waals surface area contributed by atoms with Crippen molar-refractivity contribution >= 4 is 65.7 Å². The smallest absolute Gasteiger partial charge is 0.136 e. The van der Waals surface area contributed by atoms with E-state index in [4.69, 9.17) is 8.83 Å². The van der Waals surface area contributed by atoms with Gasteiger partial charge in [-0.15, -0.1) is 0 Å². The van der Waals surface area contributed by atoms with Gasteiger partial charge < -0.3 is 13.4 Å². The number of aromatic nitrogens is 1. The zero-order chi connectivity index (χ0) is 26.4. The van der Waals surface area contributed by atoms with Crippen molar-refractivity contribution in [3.05, 3.63) is 127 Å². The Morgan fingerprint density at radius 2 is 1.10 bits per heavy atom. The largest absolute Gasteiger partial charge is 0.456 e. The maximum atomic E-state index is 6.38. The van der Waals surface area contributed by atoms with E-state index in [0.717, 1.165) is 55.3 Å². The summed E-state index contributed by atoms with van der Waals surface area (Å²) in [5.74, 6) is 0. The van der Waals surface area contributed by atoms with Gasteiger partial charge in [0, 0.05) is 38.0 Å². The Bertz CT molecular complexity index is 2400. The Morgan fingerprint density at radius 1 is 0.450 bits per heavy atom. The van der Waals surface area contributed by atoms with Gasteiger partial charge in [0.25, 0.3) is 0 Å². The predicted molar refractivity (Wildman–Crippen MR) is 166 cm³/mol. The number of hydrogen-bond donors (Lipinski definition) is 0. The van der Waals surface area contributed by atoms with Gasteiger partial charge in [0.1, 0.15) is 22.3 Å². The van der Waals surface area contributed by atoms with E-state index >= 15 is 0 Å².